The van der Waals surface area contributed by atoms with Gasteiger partial charge in [0.05, 0.1) is 5.02 Å². The zero-order chi connectivity index (χ0) is 12.8. The molecule has 0 saturated carbocycles. The Balaban J connectivity index is 0.00000180. The lowest BCUT2D eigenvalue weighted by atomic mass is 10.1. The lowest BCUT2D eigenvalue weighted by Gasteiger charge is -2.29. The van der Waals surface area contributed by atoms with Gasteiger partial charge in [0.25, 0.3) is 0 Å². The second-order valence-corrected chi connectivity index (χ2v) is 4.85. The van der Waals surface area contributed by atoms with Crippen LogP contribution < -0.4 is 10.2 Å². The van der Waals surface area contributed by atoms with Gasteiger partial charge in [0.2, 0.25) is 0 Å². The number of aldehydes is 1. The molecule has 0 unspecified atom stereocenters. The second kappa shape index (κ2) is 10.2. The highest BCUT2D eigenvalue weighted by Crippen LogP contribution is 2.24. The average molecular weight is 341 g/mol. The molecule has 1 aliphatic heterocycles. The molecule has 0 atom stereocenters. The van der Waals surface area contributed by atoms with E-state index in [1.165, 1.54) is 0 Å². The highest BCUT2D eigenvalue weighted by molar-refractivity contribution is 6.33. The van der Waals surface area contributed by atoms with Crippen LogP contribution in [0.25, 0.3) is 0 Å². The largest absolute Gasteiger partial charge is 0.353 e. The molecule has 0 amide bonds. The topological polar surface area (TPSA) is 45.2 Å². The molecule has 7 heteroatoms. The quantitative estimate of drug-likeness (QED) is 0.661. The van der Waals surface area contributed by atoms with E-state index in [2.05, 4.69) is 15.2 Å². The van der Waals surface area contributed by atoms with Crippen molar-refractivity contribution in [3.05, 3.63) is 22.8 Å². The van der Waals surface area contributed by atoms with Crippen LogP contribution in [0.15, 0.2) is 12.3 Å². The normalized spacial score (nSPS) is 14.2. The third kappa shape index (κ3) is 5.44. The minimum absolute atomic E-state index is 0. The van der Waals surface area contributed by atoms with Gasteiger partial charge in [-0.05, 0) is 24.5 Å². The van der Waals surface area contributed by atoms with Crippen LogP contribution in [-0.4, -0.2) is 37.4 Å². The van der Waals surface area contributed by atoms with Crippen LogP contribution >= 0.6 is 36.4 Å². The first-order valence-electron chi connectivity index (χ1n) is 6.35. The van der Waals surface area contributed by atoms with Gasteiger partial charge < -0.3 is 15.0 Å². The molecule has 1 N–H and O–H groups in total. The average Bonchev–Trinajstić information content (AvgIpc) is 2.40. The summed E-state index contributed by atoms with van der Waals surface area (Å²) in [6.45, 7) is 3.83. The molecule has 0 spiro atoms. The molecule has 4 nitrogen and oxygen atoms in total. The summed E-state index contributed by atoms with van der Waals surface area (Å²) in [5.41, 5.74) is 1.10. The molecule has 2 heterocycles. The number of halogens is 3. The molecule has 0 aromatic carbocycles. The molecule has 20 heavy (non-hydrogen) atoms. The zero-order valence-corrected chi connectivity index (χ0v) is 13.6. The summed E-state index contributed by atoms with van der Waals surface area (Å²) in [5, 5.41) is 4.01. The third-order valence-electron chi connectivity index (χ3n) is 3.08. The Morgan fingerprint density at radius 3 is 2.65 bits per heavy atom. The van der Waals surface area contributed by atoms with E-state index >= 15 is 0 Å². The molecule has 0 bridgehead atoms. The standard InChI is InChI=1S/C13H18ClN3O.2ClH/c14-12-9-11(3-1-2-8-18)10-16-13(12)17-6-4-15-5-7-17;;/h8-10,15H,1-7H2;2*1H. The van der Waals surface area contributed by atoms with Gasteiger partial charge in [-0.25, -0.2) is 4.98 Å². The number of unbranched alkanes of at least 4 members (excludes halogenated alkanes) is 1. The van der Waals surface area contributed by atoms with Gasteiger partial charge in [0.1, 0.15) is 12.1 Å². The van der Waals surface area contributed by atoms with E-state index in [0.717, 1.165) is 56.7 Å². The fraction of sp³-hybridized carbons (Fsp3) is 0.538. The number of rotatable bonds is 5. The van der Waals surface area contributed by atoms with Crippen molar-refractivity contribution in [3.8, 4) is 0 Å². The van der Waals surface area contributed by atoms with E-state index in [1.807, 2.05) is 12.3 Å². The molecule has 0 aliphatic carbocycles. The Morgan fingerprint density at radius 1 is 1.35 bits per heavy atom. The van der Waals surface area contributed by atoms with Crippen LogP contribution in [0.4, 0.5) is 5.82 Å². The predicted octanol–water partition coefficient (Wildman–Crippen LogP) is 2.51. The summed E-state index contributed by atoms with van der Waals surface area (Å²) in [4.78, 5) is 16.9. The monoisotopic (exact) mass is 339 g/mol. The zero-order valence-electron chi connectivity index (χ0n) is 11.2. The first kappa shape index (κ1) is 19.4. The molecule has 0 radical (unpaired) electrons. The maximum Gasteiger partial charge on any atom is 0.147 e. The molecule has 1 aromatic heterocycles. The summed E-state index contributed by atoms with van der Waals surface area (Å²) in [6, 6.07) is 1.97. The number of piperazine rings is 1. The van der Waals surface area contributed by atoms with E-state index in [1.54, 1.807) is 0 Å². The van der Waals surface area contributed by atoms with Crippen molar-refractivity contribution in [3.63, 3.8) is 0 Å². The number of aryl methyl sites for hydroxylation is 1. The fourth-order valence-corrected chi connectivity index (χ4v) is 2.41. The minimum Gasteiger partial charge on any atom is -0.353 e. The Bertz CT molecular complexity index is 412. The molecular weight excluding hydrogens is 321 g/mol. The van der Waals surface area contributed by atoms with E-state index in [4.69, 9.17) is 11.6 Å². The first-order chi connectivity index (χ1) is 8.81. The summed E-state index contributed by atoms with van der Waals surface area (Å²) < 4.78 is 0. The molecular formula is C13H20Cl3N3O. The minimum atomic E-state index is 0. The van der Waals surface area contributed by atoms with Crippen molar-refractivity contribution in [1.82, 2.24) is 10.3 Å². The fourth-order valence-electron chi connectivity index (χ4n) is 2.11. The van der Waals surface area contributed by atoms with Crippen molar-refractivity contribution < 1.29 is 4.79 Å². The Hall–Kier alpha value is -0.550. The number of anilines is 1. The number of carbonyl (C=O) groups excluding carboxylic acids is 1. The van der Waals surface area contributed by atoms with E-state index in [-0.39, 0.29) is 24.8 Å². The first-order valence-corrected chi connectivity index (χ1v) is 6.73. The molecule has 114 valence electrons. The molecule has 1 aromatic rings. The number of hydrogen-bond acceptors (Lipinski definition) is 4. The van der Waals surface area contributed by atoms with Gasteiger partial charge in [-0.1, -0.05) is 11.6 Å². The van der Waals surface area contributed by atoms with Crippen LogP contribution in [0, 0.1) is 0 Å². The second-order valence-electron chi connectivity index (χ2n) is 4.44. The van der Waals surface area contributed by atoms with Crippen LogP contribution in [0.2, 0.25) is 5.02 Å². The maximum absolute atomic E-state index is 10.3. The van der Waals surface area contributed by atoms with Gasteiger partial charge in [0, 0.05) is 38.8 Å². The van der Waals surface area contributed by atoms with Crippen molar-refractivity contribution in [2.45, 2.75) is 19.3 Å². The van der Waals surface area contributed by atoms with Gasteiger partial charge in [-0.15, -0.1) is 24.8 Å². The van der Waals surface area contributed by atoms with Gasteiger partial charge in [-0.2, -0.15) is 0 Å². The Labute approximate surface area is 137 Å². The summed E-state index contributed by atoms with van der Waals surface area (Å²) >= 11 is 6.28. The van der Waals surface area contributed by atoms with Crippen LogP contribution in [0.1, 0.15) is 18.4 Å². The molecule has 1 aliphatic rings. The Kier molecular flexibility index (Phi) is 9.94. The number of pyridine rings is 1. The van der Waals surface area contributed by atoms with Crippen molar-refractivity contribution in [2.75, 3.05) is 31.1 Å². The third-order valence-corrected chi connectivity index (χ3v) is 3.36. The molecule has 1 saturated heterocycles. The SMILES string of the molecule is Cl.Cl.O=CCCCc1cnc(N2CCNCC2)c(Cl)c1. The van der Waals surface area contributed by atoms with Crippen molar-refractivity contribution >= 4 is 48.5 Å². The lowest BCUT2D eigenvalue weighted by Crippen LogP contribution is -2.44. The van der Waals surface area contributed by atoms with E-state index in [0.29, 0.717) is 11.4 Å². The summed E-state index contributed by atoms with van der Waals surface area (Å²) in [7, 11) is 0. The van der Waals surface area contributed by atoms with Crippen molar-refractivity contribution in [1.29, 1.82) is 0 Å². The van der Waals surface area contributed by atoms with Crippen LogP contribution in [0.3, 0.4) is 0 Å². The Morgan fingerprint density at radius 2 is 2.05 bits per heavy atom. The predicted molar refractivity (Wildman–Crippen MR) is 87.8 cm³/mol. The number of hydrogen-bond donors (Lipinski definition) is 1. The van der Waals surface area contributed by atoms with E-state index in [9.17, 15) is 4.79 Å². The molecule has 2 rings (SSSR count). The smallest absolute Gasteiger partial charge is 0.147 e. The van der Waals surface area contributed by atoms with Gasteiger partial charge >= 0.3 is 0 Å². The number of carbonyl (C=O) groups is 1. The van der Waals surface area contributed by atoms with Gasteiger partial charge in [-0.3, -0.25) is 0 Å². The highest BCUT2D eigenvalue weighted by Gasteiger charge is 2.14. The van der Waals surface area contributed by atoms with E-state index < -0.39 is 0 Å². The maximum atomic E-state index is 10.3. The number of aromatic nitrogens is 1. The lowest BCUT2D eigenvalue weighted by molar-refractivity contribution is -0.107. The molecule has 1 fully saturated rings. The summed E-state index contributed by atoms with van der Waals surface area (Å²) in [6.07, 6.45) is 5.12. The van der Waals surface area contributed by atoms with Crippen molar-refractivity contribution in [2.24, 2.45) is 0 Å². The van der Waals surface area contributed by atoms with Crippen LogP contribution in [0.5, 0.6) is 0 Å². The van der Waals surface area contributed by atoms with Crippen LogP contribution in [-0.2, 0) is 11.2 Å². The van der Waals surface area contributed by atoms with Gasteiger partial charge in [0.15, 0.2) is 0 Å². The highest BCUT2D eigenvalue weighted by atomic mass is 35.5. The number of nitrogens with zero attached hydrogens (tertiary/aromatic N) is 2. The summed E-state index contributed by atoms with van der Waals surface area (Å²) in [5.74, 6) is 0.873. The number of nitrogens with one attached hydrogen (secondary N) is 1.